The van der Waals surface area contributed by atoms with E-state index in [2.05, 4.69) is 17.6 Å². The van der Waals surface area contributed by atoms with Crippen LogP contribution < -0.4 is 0 Å². The van der Waals surface area contributed by atoms with Crippen LogP contribution in [-0.4, -0.2) is 17.6 Å². The molecule has 0 spiro atoms. The van der Waals surface area contributed by atoms with Gasteiger partial charge in [-0.1, -0.05) is 25.3 Å². The summed E-state index contributed by atoms with van der Waals surface area (Å²) in [6, 6.07) is 8.63. The smallest absolute Gasteiger partial charge is 0.337 e. The van der Waals surface area contributed by atoms with Gasteiger partial charge in [-0.3, -0.25) is 0 Å². The average molecular weight is 271 g/mol. The van der Waals surface area contributed by atoms with E-state index in [-0.39, 0.29) is 5.97 Å². The van der Waals surface area contributed by atoms with Gasteiger partial charge in [-0.05, 0) is 43.4 Å². The summed E-state index contributed by atoms with van der Waals surface area (Å²) >= 11 is 0. The van der Waals surface area contributed by atoms with Crippen LogP contribution in [0.2, 0.25) is 0 Å². The molecule has 0 radical (unpaired) electrons. The maximum atomic E-state index is 11.7. The standard InChI is InChI=1S/C17H21NO2/c1-12-10-13-8-9-14(17(19)20-2)11-16(13)18(12)15-6-4-3-5-7-15/h8-11,15H,3-7H2,1-2H3. The van der Waals surface area contributed by atoms with Gasteiger partial charge >= 0.3 is 5.97 Å². The van der Waals surface area contributed by atoms with Crippen molar-refractivity contribution in [1.29, 1.82) is 0 Å². The Hall–Kier alpha value is -1.77. The molecule has 1 aliphatic rings. The molecule has 3 nitrogen and oxygen atoms in total. The first-order valence-electron chi connectivity index (χ1n) is 7.40. The van der Waals surface area contributed by atoms with Crippen LogP contribution in [-0.2, 0) is 4.74 Å². The lowest BCUT2D eigenvalue weighted by molar-refractivity contribution is 0.0601. The molecule has 0 atom stereocenters. The number of hydrogen-bond donors (Lipinski definition) is 0. The molecular formula is C17H21NO2. The normalized spacial score (nSPS) is 16.5. The molecule has 2 aromatic rings. The van der Waals surface area contributed by atoms with Crippen LogP contribution in [0.25, 0.3) is 10.9 Å². The highest BCUT2D eigenvalue weighted by Gasteiger charge is 2.19. The van der Waals surface area contributed by atoms with Crippen LogP contribution >= 0.6 is 0 Å². The van der Waals surface area contributed by atoms with Crippen molar-refractivity contribution in [3.05, 3.63) is 35.5 Å². The fourth-order valence-electron chi connectivity index (χ4n) is 3.43. The Bertz CT molecular complexity index is 636. The van der Waals surface area contributed by atoms with Gasteiger partial charge in [0, 0.05) is 17.3 Å². The van der Waals surface area contributed by atoms with Crippen molar-refractivity contribution in [2.45, 2.75) is 45.1 Å². The summed E-state index contributed by atoms with van der Waals surface area (Å²) in [7, 11) is 1.43. The minimum Gasteiger partial charge on any atom is -0.465 e. The molecule has 1 aliphatic carbocycles. The van der Waals surface area contributed by atoms with E-state index in [0.717, 1.165) is 5.52 Å². The van der Waals surface area contributed by atoms with Crippen molar-refractivity contribution in [3.63, 3.8) is 0 Å². The topological polar surface area (TPSA) is 31.2 Å². The molecule has 1 aromatic carbocycles. The zero-order chi connectivity index (χ0) is 14.1. The molecule has 3 rings (SSSR count). The highest BCUT2D eigenvalue weighted by atomic mass is 16.5. The summed E-state index contributed by atoms with van der Waals surface area (Å²) in [5, 5.41) is 1.21. The predicted molar refractivity (Wildman–Crippen MR) is 80.1 cm³/mol. The van der Waals surface area contributed by atoms with Gasteiger partial charge in [-0.25, -0.2) is 4.79 Å². The third-order valence-electron chi connectivity index (χ3n) is 4.40. The molecular weight excluding hydrogens is 250 g/mol. The Morgan fingerprint density at radius 2 is 1.95 bits per heavy atom. The number of benzene rings is 1. The first-order chi connectivity index (χ1) is 9.70. The van der Waals surface area contributed by atoms with E-state index in [1.807, 2.05) is 18.2 Å². The van der Waals surface area contributed by atoms with Gasteiger partial charge in [-0.2, -0.15) is 0 Å². The molecule has 1 fully saturated rings. The van der Waals surface area contributed by atoms with E-state index in [4.69, 9.17) is 4.74 Å². The number of aryl methyl sites for hydroxylation is 1. The summed E-state index contributed by atoms with van der Waals surface area (Å²) in [6.07, 6.45) is 6.45. The van der Waals surface area contributed by atoms with Gasteiger partial charge < -0.3 is 9.30 Å². The molecule has 1 heterocycles. The van der Waals surface area contributed by atoms with E-state index >= 15 is 0 Å². The number of hydrogen-bond acceptors (Lipinski definition) is 2. The molecule has 1 aromatic heterocycles. The molecule has 0 unspecified atom stereocenters. The molecule has 0 saturated heterocycles. The summed E-state index contributed by atoms with van der Waals surface area (Å²) in [5.41, 5.74) is 3.08. The minimum atomic E-state index is -0.263. The van der Waals surface area contributed by atoms with Crippen LogP contribution in [0.1, 0.15) is 54.2 Å². The number of fused-ring (bicyclic) bond motifs is 1. The zero-order valence-electron chi connectivity index (χ0n) is 12.2. The van der Waals surface area contributed by atoms with Gasteiger partial charge in [0.2, 0.25) is 0 Å². The predicted octanol–water partition coefficient (Wildman–Crippen LogP) is 4.24. The number of nitrogens with zero attached hydrogens (tertiary/aromatic N) is 1. The maximum absolute atomic E-state index is 11.7. The van der Waals surface area contributed by atoms with Gasteiger partial charge in [0.05, 0.1) is 12.7 Å². The lowest BCUT2D eigenvalue weighted by Crippen LogP contribution is -2.14. The Kier molecular flexibility index (Phi) is 3.51. The Morgan fingerprint density at radius 1 is 1.20 bits per heavy atom. The number of rotatable bonds is 2. The number of ether oxygens (including phenoxy) is 1. The highest BCUT2D eigenvalue weighted by Crippen LogP contribution is 2.33. The molecule has 0 bridgehead atoms. The van der Waals surface area contributed by atoms with Gasteiger partial charge in [0.25, 0.3) is 0 Å². The lowest BCUT2D eigenvalue weighted by Gasteiger charge is -2.25. The number of aromatic nitrogens is 1. The first-order valence-corrected chi connectivity index (χ1v) is 7.40. The molecule has 0 amide bonds. The Labute approximate surface area is 119 Å². The molecule has 0 aliphatic heterocycles. The third kappa shape index (κ3) is 2.21. The van der Waals surface area contributed by atoms with E-state index in [0.29, 0.717) is 11.6 Å². The minimum absolute atomic E-state index is 0.263. The second-order valence-corrected chi connectivity index (χ2v) is 5.71. The van der Waals surface area contributed by atoms with Crippen molar-refractivity contribution in [2.75, 3.05) is 7.11 Å². The number of carbonyl (C=O) groups is 1. The van der Waals surface area contributed by atoms with Gasteiger partial charge in [0.1, 0.15) is 0 Å². The average Bonchev–Trinajstić information content (AvgIpc) is 2.82. The van der Waals surface area contributed by atoms with Crippen LogP contribution in [0, 0.1) is 6.92 Å². The van der Waals surface area contributed by atoms with Crippen LogP contribution in [0.3, 0.4) is 0 Å². The molecule has 20 heavy (non-hydrogen) atoms. The van der Waals surface area contributed by atoms with Crippen LogP contribution in [0.5, 0.6) is 0 Å². The van der Waals surface area contributed by atoms with E-state index in [1.54, 1.807) is 0 Å². The largest absolute Gasteiger partial charge is 0.465 e. The summed E-state index contributed by atoms with van der Waals surface area (Å²) < 4.78 is 7.25. The van der Waals surface area contributed by atoms with Crippen LogP contribution in [0.15, 0.2) is 24.3 Å². The molecule has 106 valence electrons. The van der Waals surface area contributed by atoms with Crippen molar-refractivity contribution < 1.29 is 9.53 Å². The second kappa shape index (κ2) is 5.31. The van der Waals surface area contributed by atoms with E-state index < -0.39 is 0 Å². The monoisotopic (exact) mass is 271 g/mol. The fraction of sp³-hybridized carbons (Fsp3) is 0.471. The SMILES string of the molecule is COC(=O)c1ccc2cc(C)n(C3CCCCC3)c2c1. The summed E-state index contributed by atoms with van der Waals surface area (Å²) in [6.45, 7) is 2.16. The highest BCUT2D eigenvalue weighted by molar-refractivity contribution is 5.94. The van der Waals surface area contributed by atoms with Crippen molar-refractivity contribution in [1.82, 2.24) is 4.57 Å². The van der Waals surface area contributed by atoms with Crippen molar-refractivity contribution in [3.8, 4) is 0 Å². The van der Waals surface area contributed by atoms with Gasteiger partial charge in [-0.15, -0.1) is 0 Å². The zero-order valence-corrected chi connectivity index (χ0v) is 12.2. The van der Waals surface area contributed by atoms with E-state index in [9.17, 15) is 4.79 Å². The summed E-state index contributed by atoms with van der Waals surface area (Å²) in [4.78, 5) is 11.7. The Morgan fingerprint density at radius 3 is 2.65 bits per heavy atom. The molecule has 3 heteroatoms. The number of carbonyl (C=O) groups excluding carboxylic acids is 1. The quantitative estimate of drug-likeness (QED) is 0.765. The number of methoxy groups -OCH3 is 1. The van der Waals surface area contributed by atoms with Gasteiger partial charge in [0.15, 0.2) is 0 Å². The lowest BCUT2D eigenvalue weighted by atomic mass is 9.95. The third-order valence-corrected chi connectivity index (χ3v) is 4.40. The first kappa shape index (κ1) is 13.2. The fourth-order valence-corrected chi connectivity index (χ4v) is 3.43. The summed E-state index contributed by atoms with van der Waals surface area (Å²) in [5.74, 6) is -0.263. The van der Waals surface area contributed by atoms with Crippen molar-refractivity contribution >= 4 is 16.9 Å². The van der Waals surface area contributed by atoms with Crippen molar-refractivity contribution in [2.24, 2.45) is 0 Å². The van der Waals surface area contributed by atoms with E-state index in [1.165, 1.54) is 50.3 Å². The number of esters is 1. The molecule has 1 saturated carbocycles. The van der Waals surface area contributed by atoms with Crippen LogP contribution in [0.4, 0.5) is 0 Å². The maximum Gasteiger partial charge on any atom is 0.337 e. The molecule has 0 N–H and O–H groups in total. The second-order valence-electron chi connectivity index (χ2n) is 5.71. The Balaban J connectivity index is 2.09.